The topological polar surface area (TPSA) is 60.7 Å². The Morgan fingerprint density at radius 3 is 2.92 bits per heavy atom. The molecule has 5 nitrogen and oxygen atoms in total. The molecule has 0 saturated heterocycles. The Hall–Kier alpha value is -2.66. The van der Waals surface area contributed by atoms with E-state index in [1.165, 1.54) is 0 Å². The van der Waals surface area contributed by atoms with Crippen LogP contribution in [0.1, 0.15) is 51.2 Å². The van der Waals surface area contributed by atoms with Gasteiger partial charge in [0.1, 0.15) is 11.4 Å². The van der Waals surface area contributed by atoms with Crippen LogP contribution in [0.4, 0.5) is 0 Å². The van der Waals surface area contributed by atoms with Crippen LogP contribution in [0.3, 0.4) is 0 Å². The smallest absolute Gasteiger partial charge is 0.364 e. The first-order valence-corrected chi connectivity index (χ1v) is 8.36. The maximum Gasteiger partial charge on any atom is 0.364 e. The second-order valence-electron chi connectivity index (χ2n) is 6.27. The lowest BCUT2D eigenvalue weighted by atomic mass is 9.97. The molecule has 126 valence electrons. The number of halogens is 1. The first-order chi connectivity index (χ1) is 12.0. The fraction of sp³-hybridized carbons (Fsp3) is 0.211. The monoisotopic (exact) mass is 354 g/mol. The van der Waals surface area contributed by atoms with Gasteiger partial charge in [0.25, 0.3) is 0 Å². The Bertz CT molecular complexity index is 1040. The lowest BCUT2D eigenvalue weighted by Crippen LogP contribution is -2.14. The van der Waals surface area contributed by atoms with Gasteiger partial charge in [0, 0.05) is 12.6 Å². The number of pyridine rings is 1. The number of imidazole rings is 1. The molecule has 1 aliphatic carbocycles. The lowest BCUT2D eigenvalue weighted by Gasteiger charge is -2.12. The number of Topliss-reactive ketones (excluding diaryl/α,β-unsaturated/α-hetero) is 1. The lowest BCUT2D eigenvalue weighted by molar-refractivity contribution is 0.0726. The van der Waals surface area contributed by atoms with E-state index in [-0.39, 0.29) is 28.3 Å². The zero-order valence-electron chi connectivity index (χ0n) is 13.7. The van der Waals surface area contributed by atoms with Crippen molar-refractivity contribution in [1.82, 2.24) is 9.38 Å². The quantitative estimate of drug-likeness (QED) is 0.511. The van der Waals surface area contributed by atoms with Gasteiger partial charge in [0.05, 0.1) is 5.56 Å². The summed E-state index contributed by atoms with van der Waals surface area (Å²) in [6.45, 7) is 3.96. The van der Waals surface area contributed by atoms with Crippen molar-refractivity contribution in [2.45, 2.75) is 26.2 Å². The number of aryl methyl sites for hydroxylation is 1. The summed E-state index contributed by atoms with van der Waals surface area (Å²) in [6, 6.07) is 8.86. The molecular formula is C19H15ClN2O3. The molecule has 0 aliphatic heterocycles. The number of benzene rings is 1. The minimum atomic E-state index is -0.637. The van der Waals surface area contributed by atoms with E-state index in [0.29, 0.717) is 17.6 Å². The number of rotatable bonds is 2. The predicted molar refractivity (Wildman–Crippen MR) is 93.7 cm³/mol. The molecule has 1 atom stereocenters. The number of ether oxygens (including phenoxy) is 1. The summed E-state index contributed by atoms with van der Waals surface area (Å²) in [5, 5.41) is 0.0691. The van der Waals surface area contributed by atoms with Gasteiger partial charge in [0.2, 0.25) is 0 Å². The molecule has 6 heteroatoms. The highest BCUT2D eigenvalue weighted by Crippen LogP contribution is 2.40. The van der Waals surface area contributed by atoms with Crippen LogP contribution in [-0.4, -0.2) is 21.1 Å². The molecule has 2 aromatic heterocycles. The minimum absolute atomic E-state index is 0.00163. The number of hydrogen-bond donors (Lipinski definition) is 0. The van der Waals surface area contributed by atoms with Crippen LogP contribution in [0, 0.1) is 6.92 Å². The number of fused-ring (bicyclic) bond motifs is 2. The Morgan fingerprint density at radius 1 is 1.32 bits per heavy atom. The standard InChI is InChI=1S/C19H15ClN2O3/c1-10-6-7-13(16-12(23)9-11(2)15(10)16)25-19(24)17-18(20)21-14-5-3-4-8-22(14)17/h3-8,11H,9H2,1-2H3. The summed E-state index contributed by atoms with van der Waals surface area (Å²) in [7, 11) is 0. The molecular weight excluding hydrogens is 340 g/mol. The van der Waals surface area contributed by atoms with Crippen LogP contribution in [0.5, 0.6) is 5.75 Å². The number of nitrogens with zero attached hydrogens (tertiary/aromatic N) is 2. The van der Waals surface area contributed by atoms with Crippen LogP contribution in [0.25, 0.3) is 5.65 Å². The average Bonchev–Trinajstić information content (AvgIpc) is 3.06. The van der Waals surface area contributed by atoms with Crippen LogP contribution in [0.2, 0.25) is 5.15 Å². The molecule has 0 N–H and O–H groups in total. The predicted octanol–water partition coefficient (Wildman–Crippen LogP) is 4.21. The third kappa shape index (κ3) is 2.43. The van der Waals surface area contributed by atoms with Crippen molar-refractivity contribution in [3.63, 3.8) is 0 Å². The van der Waals surface area contributed by atoms with Gasteiger partial charge in [-0.15, -0.1) is 0 Å². The van der Waals surface area contributed by atoms with Crippen molar-refractivity contribution in [2.24, 2.45) is 0 Å². The molecule has 2 heterocycles. The highest BCUT2D eigenvalue weighted by atomic mass is 35.5. The third-order valence-corrected chi connectivity index (χ3v) is 4.84. The molecule has 0 bridgehead atoms. The highest BCUT2D eigenvalue weighted by molar-refractivity contribution is 6.32. The number of carbonyl (C=O) groups is 2. The number of ketones is 1. The molecule has 0 radical (unpaired) electrons. The molecule has 1 unspecified atom stereocenters. The van der Waals surface area contributed by atoms with Gasteiger partial charge >= 0.3 is 5.97 Å². The number of hydrogen-bond acceptors (Lipinski definition) is 4. The SMILES string of the molecule is Cc1ccc(OC(=O)c2c(Cl)nc3ccccn23)c2c1C(C)CC2=O. The number of aromatic nitrogens is 2. The zero-order valence-corrected chi connectivity index (χ0v) is 14.5. The summed E-state index contributed by atoms with van der Waals surface area (Å²) in [4.78, 5) is 29.2. The molecule has 0 amide bonds. The van der Waals surface area contributed by atoms with Crippen LogP contribution < -0.4 is 4.74 Å². The van der Waals surface area contributed by atoms with Gasteiger partial charge in [-0.2, -0.15) is 0 Å². The Kier molecular flexibility index (Phi) is 3.62. The van der Waals surface area contributed by atoms with Crippen LogP contribution >= 0.6 is 11.6 Å². The molecule has 3 aromatic rings. The molecule has 25 heavy (non-hydrogen) atoms. The van der Waals surface area contributed by atoms with Crippen molar-refractivity contribution in [1.29, 1.82) is 0 Å². The van der Waals surface area contributed by atoms with Crippen molar-refractivity contribution >= 4 is 29.0 Å². The van der Waals surface area contributed by atoms with E-state index in [1.807, 2.05) is 19.9 Å². The van der Waals surface area contributed by atoms with Crippen molar-refractivity contribution in [3.8, 4) is 5.75 Å². The summed E-state index contributed by atoms with van der Waals surface area (Å²) in [6.07, 6.45) is 2.12. The van der Waals surface area contributed by atoms with Gasteiger partial charge in [0.15, 0.2) is 16.6 Å². The molecule has 0 spiro atoms. The van der Waals surface area contributed by atoms with E-state index >= 15 is 0 Å². The van der Waals surface area contributed by atoms with E-state index in [2.05, 4.69) is 4.98 Å². The van der Waals surface area contributed by atoms with E-state index in [9.17, 15) is 9.59 Å². The number of esters is 1. The van der Waals surface area contributed by atoms with Crippen molar-refractivity contribution < 1.29 is 14.3 Å². The normalized spacial score (nSPS) is 16.3. The first kappa shape index (κ1) is 15.8. The van der Waals surface area contributed by atoms with Gasteiger partial charge in [-0.05, 0) is 42.2 Å². The maximum atomic E-state index is 12.7. The molecule has 1 aliphatic rings. The van der Waals surface area contributed by atoms with E-state index in [4.69, 9.17) is 16.3 Å². The Labute approximate surface area is 149 Å². The summed E-state index contributed by atoms with van der Waals surface area (Å²) >= 11 is 6.12. The third-order valence-electron chi connectivity index (χ3n) is 4.57. The van der Waals surface area contributed by atoms with Gasteiger partial charge in [-0.25, -0.2) is 9.78 Å². The van der Waals surface area contributed by atoms with Gasteiger partial charge in [-0.1, -0.05) is 30.7 Å². The maximum absolute atomic E-state index is 12.7. The molecule has 0 fully saturated rings. The average molecular weight is 355 g/mol. The van der Waals surface area contributed by atoms with Crippen LogP contribution in [0.15, 0.2) is 36.5 Å². The van der Waals surface area contributed by atoms with E-state index < -0.39 is 5.97 Å². The highest BCUT2D eigenvalue weighted by Gasteiger charge is 2.32. The summed E-state index contributed by atoms with van der Waals surface area (Å²) in [5.41, 5.74) is 3.19. The molecule has 1 aromatic carbocycles. The van der Waals surface area contributed by atoms with Crippen molar-refractivity contribution in [3.05, 3.63) is 64.1 Å². The Balaban J connectivity index is 1.78. The van der Waals surface area contributed by atoms with E-state index in [1.54, 1.807) is 34.9 Å². The summed E-state index contributed by atoms with van der Waals surface area (Å²) < 4.78 is 7.13. The van der Waals surface area contributed by atoms with Gasteiger partial charge in [-0.3, -0.25) is 9.20 Å². The molecule has 0 saturated carbocycles. The first-order valence-electron chi connectivity index (χ1n) is 7.99. The zero-order chi connectivity index (χ0) is 17.7. The fourth-order valence-electron chi connectivity index (χ4n) is 3.49. The van der Waals surface area contributed by atoms with Crippen LogP contribution in [-0.2, 0) is 0 Å². The largest absolute Gasteiger partial charge is 0.421 e. The Morgan fingerprint density at radius 2 is 2.12 bits per heavy atom. The minimum Gasteiger partial charge on any atom is -0.421 e. The molecule has 4 rings (SSSR count). The number of carbonyl (C=O) groups excluding carboxylic acids is 2. The van der Waals surface area contributed by atoms with E-state index in [0.717, 1.165) is 11.1 Å². The summed E-state index contributed by atoms with van der Waals surface area (Å²) in [5.74, 6) is -0.234. The van der Waals surface area contributed by atoms with Crippen molar-refractivity contribution in [2.75, 3.05) is 0 Å². The second-order valence-corrected chi connectivity index (χ2v) is 6.63. The second kappa shape index (κ2) is 5.70. The van der Waals surface area contributed by atoms with Gasteiger partial charge < -0.3 is 4.74 Å². The fourth-order valence-corrected chi connectivity index (χ4v) is 3.75.